The van der Waals surface area contributed by atoms with Crippen molar-refractivity contribution in [3.63, 3.8) is 0 Å². The second-order valence-electron chi connectivity index (χ2n) is 6.58. The van der Waals surface area contributed by atoms with Crippen molar-refractivity contribution in [1.29, 1.82) is 0 Å². The van der Waals surface area contributed by atoms with E-state index < -0.39 is 5.41 Å². The van der Waals surface area contributed by atoms with Crippen molar-refractivity contribution in [2.24, 2.45) is 0 Å². The maximum Gasteiger partial charge on any atom is 0.141 e. The van der Waals surface area contributed by atoms with Crippen molar-refractivity contribution in [2.45, 2.75) is 31.6 Å². The number of hydrogen-bond acceptors (Lipinski definition) is 1. The third kappa shape index (κ3) is 3.86. The van der Waals surface area contributed by atoms with Gasteiger partial charge < -0.3 is 0 Å². The predicted molar refractivity (Wildman–Crippen MR) is 105 cm³/mol. The molecule has 0 bridgehead atoms. The van der Waals surface area contributed by atoms with E-state index in [-0.39, 0.29) is 11.6 Å². The van der Waals surface area contributed by atoms with Crippen LogP contribution in [0.4, 0.5) is 8.78 Å². The first-order valence-electron chi connectivity index (χ1n) is 8.58. The van der Waals surface area contributed by atoms with Crippen LogP contribution < -0.4 is 0 Å². The Hall–Kier alpha value is -2.44. The fourth-order valence-electron chi connectivity index (χ4n) is 3.18. The van der Waals surface area contributed by atoms with Crippen molar-refractivity contribution >= 4 is 11.3 Å². The molecule has 132 valence electrons. The maximum atomic E-state index is 14.3. The van der Waals surface area contributed by atoms with Crippen LogP contribution in [0.15, 0.2) is 60.0 Å². The highest BCUT2D eigenvalue weighted by atomic mass is 32.1. The molecule has 0 nitrogen and oxygen atoms in total. The lowest BCUT2D eigenvalue weighted by atomic mass is 9.79. The summed E-state index contributed by atoms with van der Waals surface area (Å²) in [5.74, 6) is 2.42. The normalized spacial score (nSPS) is 13.2. The molecule has 2 aromatic carbocycles. The van der Waals surface area contributed by atoms with Crippen molar-refractivity contribution in [3.05, 3.63) is 82.1 Å². The van der Waals surface area contributed by atoms with E-state index in [4.69, 9.17) is 6.42 Å². The van der Waals surface area contributed by atoms with E-state index in [2.05, 4.69) is 5.92 Å². The van der Waals surface area contributed by atoms with Gasteiger partial charge in [-0.05, 0) is 49.4 Å². The third-order valence-electron chi connectivity index (χ3n) is 4.77. The molecule has 0 amide bonds. The lowest BCUT2D eigenvalue weighted by Crippen LogP contribution is -2.19. The van der Waals surface area contributed by atoms with E-state index in [0.717, 1.165) is 35.3 Å². The van der Waals surface area contributed by atoms with Crippen molar-refractivity contribution in [1.82, 2.24) is 0 Å². The van der Waals surface area contributed by atoms with Crippen molar-refractivity contribution in [2.75, 3.05) is 0 Å². The molecule has 1 atom stereocenters. The first-order valence-corrected chi connectivity index (χ1v) is 9.46. The van der Waals surface area contributed by atoms with Gasteiger partial charge in [0.1, 0.15) is 11.6 Å². The van der Waals surface area contributed by atoms with E-state index in [1.165, 1.54) is 23.5 Å². The minimum Gasteiger partial charge on any atom is -0.207 e. The van der Waals surface area contributed by atoms with Gasteiger partial charge in [0.05, 0.1) is 5.41 Å². The number of halogens is 2. The first-order chi connectivity index (χ1) is 12.5. The molecule has 0 fully saturated rings. The van der Waals surface area contributed by atoms with Crippen LogP contribution in [-0.4, -0.2) is 0 Å². The van der Waals surface area contributed by atoms with Gasteiger partial charge in [0.25, 0.3) is 0 Å². The highest BCUT2D eigenvalue weighted by molar-refractivity contribution is 7.10. The Morgan fingerprint density at radius 1 is 1.04 bits per heavy atom. The third-order valence-corrected chi connectivity index (χ3v) is 5.78. The molecule has 0 N–H and O–H groups in total. The molecular formula is C23H20F2S. The van der Waals surface area contributed by atoms with Crippen LogP contribution in [0.5, 0.6) is 0 Å². The van der Waals surface area contributed by atoms with Gasteiger partial charge in [-0.3, -0.25) is 0 Å². The lowest BCUT2D eigenvalue weighted by molar-refractivity contribution is 0.532. The van der Waals surface area contributed by atoms with Crippen LogP contribution >= 0.6 is 11.3 Å². The molecule has 1 heterocycles. The monoisotopic (exact) mass is 366 g/mol. The van der Waals surface area contributed by atoms with Gasteiger partial charge in [0.2, 0.25) is 0 Å². The van der Waals surface area contributed by atoms with Crippen molar-refractivity contribution < 1.29 is 8.78 Å². The van der Waals surface area contributed by atoms with E-state index in [9.17, 15) is 8.78 Å². The van der Waals surface area contributed by atoms with Crippen LogP contribution in [0, 0.1) is 24.0 Å². The molecule has 0 aliphatic rings. The Morgan fingerprint density at radius 2 is 1.73 bits per heavy atom. The predicted octanol–water partition coefficient (Wildman–Crippen LogP) is 6.61. The molecule has 3 heteroatoms. The molecule has 3 aromatic rings. The van der Waals surface area contributed by atoms with Gasteiger partial charge in [-0.1, -0.05) is 48.4 Å². The molecule has 0 saturated heterocycles. The van der Waals surface area contributed by atoms with Crippen LogP contribution in [0.2, 0.25) is 0 Å². The first kappa shape index (κ1) is 18.4. The van der Waals surface area contributed by atoms with Crippen LogP contribution in [0.25, 0.3) is 11.1 Å². The van der Waals surface area contributed by atoms with E-state index in [1.54, 1.807) is 17.5 Å². The summed E-state index contributed by atoms with van der Waals surface area (Å²) in [5, 5.41) is 1.57. The fourth-order valence-corrected chi connectivity index (χ4v) is 4.14. The molecule has 0 radical (unpaired) electrons. The summed E-state index contributed by atoms with van der Waals surface area (Å²) >= 11 is 1.45. The standard InChI is InChI=1S/C23H20F2S/c1-3-23(2,18-11-13-19(24)14-12-18)15-7-10-21-22(20(25)16-26-21)17-8-5-4-6-9-17/h1,4-6,8-9,11-14,16H,7,10,15H2,2H3. The molecule has 1 unspecified atom stereocenters. The molecule has 0 saturated carbocycles. The average Bonchev–Trinajstić information content (AvgIpc) is 3.03. The largest absolute Gasteiger partial charge is 0.207 e. The van der Waals surface area contributed by atoms with Crippen molar-refractivity contribution in [3.8, 4) is 23.5 Å². The number of thiophene rings is 1. The lowest BCUT2D eigenvalue weighted by Gasteiger charge is -2.24. The molecule has 0 spiro atoms. The van der Waals surface area contributed by atoms with Crippen LogP contribution in [0.1, 0.15) is 30.2 Å². The Balaban J connectivity index is 1.74. The Morgan fingerprint density at radius 3 is 2.38 bits per heavy atom. The van der Waals surface area contributed by atoms with Gasteiger partial charge >= 0.3 is 0 Å². The molecule has 26 heavy (non-hydrogen) atoms. The quantitative estimate of drug-likeness (QED) is 0.431. The maximum absolute atomic E-state index is 14.3. The van der Waals surface area contributed by atoms with E-state index in [0.29, 0.717) is 5.56 Å². The summed E-state index contributed by atoms with van der Waals surface area (Å²) in [4.78, 5) is 1.03. The Bertz CT molecular complexity index is 904. The number of terminal acetylenes is 1. The number of aryl methyl sites for hydroxylation is 1. The highest BCUT2D eigenvalue weighted by Gasteiger charge is 2.24. The summed E-state index contributed by atoms with van der Waals surface area (Å²) in [6.07, 6.45) is 8.13. The highest BCUT2D eigenvalue weighted by Crippen LogP contribution is 2.35. The van der Waals surface area contributed by atoms with Crippen LogP contribution in [-0.2, 0) is 11.8 Å². The zero-order chi connectivity index (χ0) is 18.6. The summed E-state index contributed by atoms with van der Waals surface area (Å²) < 4.78 is 27.4. The number of benzene rings is 2. The molecular weight excluding hydrogens is 346 g/mol. The zero-order valence-corrected chi connectivity index (χ0v) is 15.5. The topological polar surface area (TPSA) is 0 Å². The fraction of sp³-hybridized carbons (Fsp3) is 0.217. The Labute approximate surface area is 157 Å². The minimum atomic E-state index is -0.462. The smallest absolute Gasteiger partial charge is 0.141 e. The SMILES string of the molecule is C#CC(C)(CCCc1scc(F)c1-c1ccccc1)c1ccc(F)cc1. The van der Waals surface area contributed by atoms with Gasteiger partial charge in [0, 0.05) is 15.8 Å². The average molecular weight is 366 g/mol. The van der Waals surface area contributed by atoms with Gasteiger partial charge in [-0.2, -0.15) is 0 Å². The van der Waals surface area contributed by atoms with E-state index >= 15 is 0 Å². The zero-order valence-electron chi connectivity index (χ0n) is 14.6. The summed E-state index contributed by atoms with van der Waals surface area (Å²) in [6, 6.07) is 16.0. The van der Waals surface area contributed by atoms with Gasteiger partial charge in [0.15, 0.2) is 0 Å². The summed E-state index contributed by atoms with van der Waals surface area (Å²) in [6.45, 7) is 1.99. The number of hydrogen-bond donors (Lipinski definition) is 0. The minimum absolute atomic E-state index is 0.172. The van der Waals surface area contributed by atoms with Gasteiger partial charge in [-0.25, -0.2) is 8.78 Å². The number of rotatable bonds is 6. The second kappa shape index (κ2) is 7.85. The van der Waals surface area contributed by atoms with E-state index in [1.807, 2.05) is 37.3 Å². The van der Waals surface area contributed by atoms with Crippen LogP contribution in [0.3, 0.4) is 0 Å². The molecule has 3 rings (SSSR count). The van der Waals surface area contributed by atoms with Gasteiger partial charge in [-0.15, -0.1) is 17.8 Å². The molecule has 0 aliphatic carbocycles. The molecule has 1 aromatic heterocycles. The summed E-state index contributed by atoms with van der Waals surface area (Å²) in [5.41, 5.74) is 2.07. The second-order valence-corrected chi connectivity index (χ2v) is 7.55. The summed E-state index contributed by atoms with van der Waals surface area (Å²) in [7, 11) is 0. The Kier molecular flexibility index (Phi) is 5.54. The molecule has 0 aliphatic heterocycles.